The Morgan fingerprint density at radius 2 is 1.90 bits per heavy atom. The van der Waals surface area contributed by atoms with E-state index >= 15 is 0 Å². The number of benzene rings is 1. The number of para-hydroxylation sites is 1. The number of hydrogen-bond acceptors (Lipinski definition) is 3. The predicted octanol–water partition coefficient (Wildman–Crippen LogP) is 3.56. The summed E-state index contributed by atoms with van der Waals surface area (Å²) in [5.41, 5.74) is 1.21. The Balaban J connectivity index is 2.10. The maximum Gasteiger partial charge on any atom is 0.259 e. The van der Waals surface area contributed by atoms with Crippen molar-refractivity contribution in [2.45, 2.75) is 0 Å². The molecule has 1 amide bonds. The van der Waals surface area contributed by atoms with E-state index in [9.17, 15) is 4.79 Å². The van der Waals surface area contributed by atoms with E-state index in [1.165, 1.54) is 4.90 Å². The van der Waals surface area contributed by atoms with E-state index in [2.05, 4.69) is 9.97 Å². The molecule has 104 valence electrons. The minimum Gasteiger partial charge on any atom is -0.296 e. The van der Waals surface area contributed by atoms with Gasteiger partial charge in [-0.15, -0.1) is 0 Å². The molecule has 0 spiro atoms. The molecule has 0 saturated carbocycles. The summed E-state index contributed by atoms with van der Waals surface area (Å²) in [4.78, 5) is 22.6. The number of halogens is 1. The fourth-order valence-electron chi connectivity index (χ4n) is 2.16. The molecule has 0 aliphatic carbocycles. The Hall–Kier alpha value is -2.46. The number of rotatable bonds is 2. The normalized spacial score (nSPS) is 10.6. The summed E-state index contributed by atoms with van der Waals surface area (Å²) in [5, 5.41) is 1.07. The molecule has 0 saturated heterocycles. The monoisotopic (exact) mass is 297 g/mol. The number of carbonyl (C=O) groups excluding carboxylic acids is 1. The SMILES string of the molecule is CN(C(=O)c1cc(Cl)nc2ccccc12)c1ccccn1. The molecule has 3 rings (SSSR count). The number of fused-ring (bicyclic) bond motifs is 1. The largest absolute Gasteiger partial charge is 0.296 e. The molecule has 5 heteroatoms. The molecule has 0 aliphatic rings. The van der Waals surface area contributed by atoms with Gasteiger partial charge >= 0.3 is 0 Å². The van der Waals surface area contributed by atoms with Crippen LogP contribution >= 0.6 is 11.6 Å². The molecule has 0 bridgehead atoms. The second kappa shape index (κ2) is 5.50. The molecule has 0 aliphatic heterocycles. The molecule has 0 atom stereocenters. The molecule has 3 aromatic rings. The van der Waals surface area contributed by atoms with Crippen LogP contribution in [0.25, 0.3) is 10.9 Å². The number of nitrogens with zero attached hydrogens (tertiary/aromatic N) is 3. The molecule has 0 N–H and O–H groups in total. The number of carbonyl (C=O) groups is 1. The highest BCUT2D eigenvalue weighted by molar-refractivity contribution is 6.30. The smallest absolute Gasteiger partial charge is 0.259 e. The van der Waals surface area contributed by atoms with Gasteiger partial charge in [0.25, 0.3) is 5.91 Å². The third kappa shape index (κ3) is 2.58. The summed E-state index contributed by atoms with van der Waals surface area (Å²) in [6, 6.07) is 14.4. The maximum atomic E-state index is 12.7. The third-order valence-electron chi connectivity index (χ3n) is 3.21. The second-order valence-corrected chi connectivity index (χ2v) is 4.95. The summed E-state index contributed by atoms with van der Waals surface area (Å²) >= 11 is 6.02. The van der Waals surface area contributed by atoms with Crippen LogP contribution in [0.2, 0.25) is 5.15 Å². The molecular weight excluding hydrogens is 286 g/mol. The summed E-state index contributed by atoms with van der Waals surface area (Å²) < 4.78 is 0. The first-order chi connectivity index (χ1) is 10.2. The summed E-state index contributed by atoms with van der Waals surface area (Å²) in [5.74, 6) is 0.411. The predicted molar refractivity (Wildman–Crippen MR) is 83.7 cm³/mol. The van der Waals surface area contributed by atoms with Crippen LogP contribution in [0.15, 0.2) is 54.7 Å². The van der Waals surface area contributed by atoms with E-state index in [4.69, 9.17) is 11.6 Å². The quantitative estimate of drug-likeness (QED) is 0.679. The van der Waals surface area contributed by atoms with Crippen LogP contribution < -0.4 is 4.90 Å². The van der Waals surface area contributed by atoms with Crippen molar-refractivity contribution >= 4 is 34.2 Å². The van der Waals surface area contributed by atoms with Gasteiger partial charge in [0.15, 0.2) is 0 Å². The number of anilines is 1. The Bertz CT molecular complexity index is 805. The zero-order valence-electron chi connectivity index (χ0n) is 11.3. The lowest BCUT2D eigenvalue weighted by Crippen LogP contribution is -2.27. The number of hydrogen-bond donors (Lipinski definition) is 0. The lowest BCUT2D eigenvalue weighted by atomic mass is 10.1. The summed E-state index contributed by atoms with van der Waals surface area (Å²) in [6.07, 6.45) is 1.65. The standard InChI is InChI=1S/C16H12ClN3O/c1-20(15-8-4-5-9-18-15)16(21)12-10-14(17)19-13-7-3-2-6-11(12)13/h2-10H,1H3. The van der Waals surface area contributed by atoms with E-state index in [0.29, 0.717) is 22.1 Å². The van der Waals surface area contributed by atoms with Crippen molar-refractivity contribution < 1.29 is 4.79 Å². The zero-order valence-corrected chi connectivity index (χ0v) is 12.1. The molecule has 2 aromatic heterocycles. The van der Waals surface area contributed by atoms with Crippen molar-refractivity contribution in [2.75, 3.05) is 11.9 Å². The molecule has 21 heavy (non-hydrogen) atoms. The van der Waals surface area contributed by atoms with Gasteiger partial charge in [0.1, 0.15) is 11.0 Å². The summed E-state index contributed by atoms with van der Waals surface area (Å²) in [6.45, 7) is 0. The summed E-state index contributed by atoms with van der Waals surface area (Å²) in [7, 11) is 1.69. The van der Waals surface area contributed by atoms with Gasteiger partial charge in [-0.2, -0.15) is 0 Å². The van der Waals surface area contributed by atoms with Crippen LogP contribution in [-0.4, -0.2) is 22.9 Å². The maximum absolute atomic E-state index is 12.7. The van der Waals surface area contributed by atoms with Gasteiger partial charge in [-0.05, 0) is 24.3 Å². The molecule has 1 aromatic carbocycles. The van der Waals surface area contributed by atoms with Crippen LogP contribution in [-0.2, 0) is 0 Å². The highest BCUT2D eigenvalue weighted by Gasteiger charge is 2.18. The van der Waals surface area contributed by atoms with E-state index in [1.54, 1.807) is 31.4 Å². The number of amides is 1. The van der Waals surface area contributed by atoms with Crippen molar-refractivity contribution in [3.8, 4) is 0 Å². The van der Waals surface area contributed by atoms with Gasteiger partial charge < -0.3 is 0 Å². The van der Waals surface area contributed by atoms with Crippen LogP contribution in [0.1, 0.15) is 10.4 Å². The highest BCUT2D eigenvalue weighted by atomic mass is 35.5. The average molecular weight is 298 g/mol. The van der Waals surface area contributed by atoms with Crippen molar-refractivity contribution in [1.82, 2.24) is 9.97 Å². The second-order valence-electron chi connectivity index (χ2n) is 4.56. The van der Waals surface area contributed by atoms with E-state index in [1.807, 2.05) is 30.3 Å². The van der Waals surface area contributed by atoms with Crippen molar-refractivity contribution in [3.05, 3.63) is 65.4 Å². The van der Waals surface area contributed by atoms with Crippen LogP contribution in [0.3, 0.4) is 0 Å². The fraction of sp³-hybridized carbons (Fsp3) is 0.0625. The van der Waals surface area contributed by atoms with Gasteiger partial charge in [0.05, 0.1) is 11.1 Å². The fourth-order valence-corrected chi connectivity index (χ4v) is 2.36. The lowest BCUT2D eigenvalue weighted by Gasteiger charge is -2.17. The van der Waals surface area contributed by atoms with E-state index in [-0.39, 0.29) is 5.91 Å². The van der Waals surface area contributed by atoms with Crippen molar-refractivity contribution in [1.29, 1.82) is 0 Å². The first-order valence-electron chi connectivity index (χ1n) is 6.41. The molecule has 2 heterocycles. The first kappa shape index (κ1) is 13.5. The van der Waals surface area contributed by atoms with Crippen LogP contribution in [0.5, 0.6) is 0 Å². The van der Waals surface area contributed by atoms with Crippen molar-refractivity contribution in [3.63, 3.8) is 0 Å². The minimum atomic E-state index is -0.172. The third-order valence-corrected chi connectivity index (χ3v) is 3.41. The van der Waals surface area contributed by atoms with Crippen LogP contribution in [0.4, 0.5) is 5.82 Å². The lowest BCUT2D eigenvalue weighted by molar-refractivity contribution is 0.0994. The zero-order chi connectivity index (χ0) is 14.8. The Morgan fingerprint density at radius 1 is 1.14 bits per heavy atom. The number of aromatic nitrogens is 2. The molecule has 4 nitrogen and oxygen atoms in total. The van der Waals surface area contributed by atoms with Gasteiger partial charge in [-0.25, -0.2) is 9.97 Å². The first-order valence-corrected chi connectivity index (χ1v) is 6.79. The molecule has 0 unspecified atom stereocenters. The van der Waals surface area contributed by atoms with Crippen molar-refractivity contribution in [2.24, 2.45) is 0 Å². The molecule has 0 fully saturated rings. The topological polar surface area (TPSA) is 46.1 Å². The van der Waals surface area contributed by atoms with Gasteiger partial charge in [0.2, 0.25) is 0 Å². The Morgan fingerprint density at radius 3 is 2.67 bits per heavy atom. The van der Waals surface area contributed by atoms with Gasteiger partial charge in [0, 0.05) is 18.6 Å². The van der Waals surface area contributed by atoms with Crippen LogP contribution in [0, 0.1) is 0 Å². The number of pyridine rings is 2. The Labute approximate surface area is 127 Å². The van der Waals surface area contributed by atoms with E-state index < -0.39 is 0 Å². The molecular formula is C16H12ClN3O. The minimum absolute atomic E-state index is 0.172. The highest BCUT2D eigenvalue weighted by Crippen LogP contribution is 2.23. The molecule has 0 radical (unpaired) electrons. The van der Waals surface area contributed by atoms with E-state index in [0.717, 1.165) is 5.39 Å². The Kier molecular flexibility index (Phi) is 3.54. The van der Waals surface area contributed by atoms with Gasteiger partial charge in [-0.1, -0.05) is 35.9 Å². The van der Waals surface area contributed by atoms with Gasteiger partial charge in [-0.3, -0.25) is 9.69 Å². The average Bonchev–Trinajstić information content (AvgIpc) is 2.53.